The molecule has 0 spiro atoms. The molecule has 0 fully saturated rings. The fourth-order valence-corrected chi connectivity index (χ4v) is 8.49. The number of benzene rings is 7. The van der Waals surface area contributed by atoms with Gasteiger partial charge in [-0.3, -0.25) is 0 Å². The van der Waals surface area contributed by atoms with Gasteiger partial charge in [0.1, 0.15) is 11.9 Å². The van der Waals surface area contributed by atoms with Crippen molar-refractivity contribution in [2.45, 2.75) is 12.0 Å². The van der Waals surface area contributed by atoms with E-state index in [1.54, 1.807) is 0 Å². The SMILES string of the molecule is C1=CC2Oc3ccc(-c4ccc5c(c4)c4ccccc4n5-c4cccc(-c5ccc6c(c5)c5ccccc5n6-c5ccccc5)c4)cc3C2C=C1. The molecule has 3 heteroatoms. The standard InChI is InChI=1S/C48H32N2O/c1-2-12-35(13-3-1)49-43-18-7-4-15-37(43)40-28-32(21-24-45(40)49)31-11-10-14-36(27-31)50-44-19-8-5-16-38(44)41-29-33(22-25-46(41)50)34-23-26-48-42(30-34)39-17-6-9-20-47(39)51-48/h1-30,39,47H. The van der Waals surface area contributed by atoms with Gasteiger partial charge in [0.25, 0.3) is 0 Å². The van der Waals surface area contributed by atoms with Crippen LogP contribution in [0.3, 0.4) is 0 Å². The lowest BCUT2D eigenvalue weighted by Gasteiger charge is -2.14. The van der Waals surface area contributed by atoms with Crippen LogP contribution in [0.5, 0.6) is 5.75 Å². The second-order valence-electron chi connectivity index (χ2n) is 13.7. The Morgan fingerprint density at radius 2 is 0.941 bits per heavy atom. The fourth-order valence-electron chi connectivity index (χ4n) is 8.49. The van der Waals surface area contributed by atoms with Crippen LogP contribution in [0.25, 0.3) is 77.2 Å². The molecule has 3 heterocycles. The number of fused-ring (bicyclic) bond motifs is 9. The van der Waals surface area contributed by atoms with Crippen molar-refractivity contribution in [1.82, 2.24) is 9.13 Å². The lowest BCUT2D eigenvalue weighted by molar-refractivity contribution is 0.269. The average molecular weight is 653 g/mol. The molecular weight excluding hydrogens is 621 g/mol. The van der Waals surface area contributed by atoms with Gasteiger partial charge in [-0.2, -0.15) is 0 Å². The molecule has 0 bridgehead atoms. The number of ether oxygens (including phenoxy) is 1. The Morgan fingerprint density at radius 1 is 0.392 bits per heavy atom. The van der Waals surface area contributed by atoms with Gasteiger partial charge >= 0.3 is 0 Å². The molecule has 7 aromatic carbocycles. The number of aromatic nitrogens is 2. The van der Waals surface area contributed by atoms with Gasteiger partial charge in [0, 0.05) is 44.4 Å². The van der Waals surface area contributed by atoms with E-state index in [1.807, 2.05) is 0 Å². The Bertz CT molecular complexity index is 2900. The predicted octanol–water partition coefficient (Wildman–Crippen LogP) is 12.2. The Kier molecular flexibility index (Phi) is 6.08. The zero-order valence-corrected chi connectivity index (χ0v) is 27.8. The van der Waals surface area contributed by atoms with Crippen molar-refractivity contribution in [3.8, 4) is 39.4 Å². The molecule has 2 aliphatic rings. The van der Waals surface area contributed by atoms with Crippen LogP contribution in [-0.2, 0) is 0 Å². The molecular formula is C48H32N2O. The molecule has 0 saturated heterocycles. The maximum absolute atomic E-state index is 6.24. The first kappa shape index (κ1) is 28.3. The van der Waals surface area contributed by atoms with Crippen LogP contribution in [0.15, 0.2) is 182 Å². The van der Waals surface area contributed by atoms with Crippen molar-refractivity contribution in [2.24, 2.45) is 0 Å². The third kappa shape index (κ3) is 4.31. The van der Waals surface area contributed by atoms with E-state index in [9.17, 15) is 0 Å². The normalized spacial score (nSPS) is 16.2. The molecule has 1 aliphatic heterocycles. The van der Waals surface area contributed by atoms with Crippen molar-refractivity contribution >= 4 is 43.6 Å². The Hall–Kier alpha value is -6.58. The minimum absolute atomic E-state index is 0.0908. The topological polar surface area (TPSA) is 19.1 Å². The van der Waals surface area contributed by atoms with Gasteiger partial charge in [-0.1, -0.05) is 103 Å². The highest BCUT2D eigenvalue weighted by molar-refractivity contribution is 6.12. The summed E-state index contributed by atoms with van der Waals surface area (Å²) in [5.74, 6) is 1.26. The zero-order valence-electron chi connectivity index (χ0n) is 27.8. The third-order valence-corrected chi connectivity index (χ3v) is 10.8. The van der Waals surface area contributed by atoms with Crippen molar-refractivity contribution in [2.75, 3.05) is 0 Å². The van der Waals surface area contributed by atoms with Gasteiger partial charge < -0.3 is 13.9 Å². The van der Waals surface area contributed by atoms with E-state index < -0.39 is 0 Å². The summed E-state index contributed by atoms with van der Waals surface area (Å²) in [6.07, 6.45) is 8.71. The second kappa shape index (κ2) is 11.0. The molecule has 3 nitrogen and oxygen atoms in total. The van der Waals surface area contributed by atoms with Crippen LogP contribution < -0.4 is 4.74 Å². The molecule has 2 aromatic heterocycles. The highest BCUT2D eigenvalue weighted by Gasteiger charge is 2.32. The van der Waals surface area contributed by atoms with Crippen molar-refractivity contribution < 1.29 is 4.74 Å². The van der Waals surface area contributed by atoms with Crippen LogP contribution in [0.1, 0.15) is 11.5 Å². The van der Waals surface area contributed by atoms with Gasteiger partial charge in [0.2, 0.25) is 0 Å². The molecule has 240 valence electrons. The smallest absolute Gasteiger partial charge is 0.128 e. The molecule has 0 radical (unpaired) electrons. The van der Waals surface area contributed by atoms with E-state index in [2.05, 4.69) is 191 Å². The summed E-state index contributed by atoms with van der Waals surface area (Å²) in [7, 11) is 0. The maximum Gasteiger partial charge on any atom is 0.128 e. The van der Waals surface area contributed by atoms with E-state index in [0.717, 1.165) is 11.4 Å². The Balaban J connectivity index is 1.03. The number of hydrogen-bond donors (Lipinski definition) is 0. The number of rotatable bonds is 4. The summed E-state index contributed by atoms with van der Waals surface area (Å²) >= 11 is 0. The predicted molar refractivity (Wildman–Crippen MR) is 211 cm³/mol. The van der Waals surface area contributed by atoms with Gasteiger partial charge in [0.15, 0.2) is 0 Å². The number of nitrogens with zero attached hydrogens (tertiary/aromatic N) is 2. The first-order valence-corrected chi connectivity index (χ1v) is 17.7. The molecule has 0 amide bonds. The monoisotopic (exact) mass is 652 g/mol. The summed E-state index contributed by atoms with van der Waals surface area (Å²) in [4.78, 5) is 0. The van der Waals surface area contributed by atoms with Crippen LogP contribution in [0.4, 0.5) is 0 Å². The minimum atomic E-state index is 0.0908. The molecule has 0 saturated carbocycles. The third-order valence-electron chi connectivity index (χ3n) is 10.8. The molecule has 11 rings (SSSR count). The van der Waals surface area contributed by atoms with Crippen LogP contribution in [0.2, 0.25) is 0 Å². The summed E-state index contributed by atoms with van der Waals surface area (Å²) in [5, 5.41) is 5.01. The van der Waals surface area contributed by atoms with Gasteiger partial charge in [0.05, 0.1) is 22.1 Å². The molecule has 2 atom stereocenters. The molecule has 2 unspecified atom stereocenters. The van der Waals surface area contributed by atoms with E-state index in [0.29, 0.717) is 0 Å². The minimum Gasteiger partial charge on any atom is -0.485 e. The fraction of sp³-hybridized carbons (Fsp3) is 0.0417. The summed E-state index contributed by atoms with van der Waals surface area (Å²) < 4.78 is 11.0. The summed E-state index contributed by atoms with van der Waals surface area (Å²) in [6.45, 7) is 0. The molecule has 0 N–H and O–H groups in total. The van der Waals surface area contributed by atoms with E-state index in [1.165, 1.54) is 77.1 Å². The summed E-state index contributed by atoms with van der Waals surface area (Å²) in [6, 6.07) is 57.6. The molecule has 1 aliphatic carbocycles. The summed E-state index contributed by atoms with van der Waals surface area (Å²) in [5.41, 5.74) is 13.2. The first-order chi connectivity index (χ1) is 25.3. The molecule has 9 aromatic rings. The number of para-hydroxylation sites is 3. The quantitative estimate of drug-likeness (QED) is 0.185. The maximum atomic E-state index is 6.24. The van der Waals surface area contributed by atoms with Crippen LogP contribution >= 0.6 is 0 Å². The lowest BCUT2D eigenvalue weighted by Crippen LogP contribution is -2.15. The van der Waals surface area contributed by atoms with Crippen molar-refractivity contribution in [1.29, 1.82) is 0 Å². The van der Waals surface area contributed by atoms with Crippen molar-refractivity contribution in [3.63, 3.8) is 0 Å². The van der Waals surface area contributed by atoms with E-state index in [4.69, 9.17) is 4.74 Å². The van der Waals surface area contributed by atoms with Gasteiger partial charge in [-0.15, -0.1) is 0 Å². The van der Waals surface area contributed by atoms with Gasteiger partial charge in [-0.25, -0.2) is 0 Å². The zero-order chi connectivity index (χ0) is 33.5. The van der Waals surface area contributed by atoms with E-state index in [-0.39, 0.29) is 12.0 Å². The van der Waals surface area contributed by atoms with Crippen LogP contribution in [0, 0.1) is 0 Å². The number of hydrogen-bond acceptors (Lipinski definition) is 1. The number of allylic oxidation sites excluding steroid dienone is 2. The molecule has 51 heavy (non-hydrogen) atoms. The van der Waals surface area contributed by atoms with Crippen LogP contribution in [-0.4, -0.2) is 15.2 Å². The first-order valence-electron chi connectivity index (χ1n) is 17.7. The second-order valence-corrected chi connectivity index (χ2v) is 13.7. The lowest BCUT2D eigenvalue weighted by atomic mass is 9.90. The Morgan fingerprint density at radius 3 is 1.67 bits per heavy atom. The highest BCUT2D eigenvalue weighted by Crippen LogP contribution is 2.44. The van der Waals surface area contributed by atoms with Crippen molar-refractivity contribution in [3.05, 3.63) is 188 Å². The van der Waals surface area contributed by atoms with Gasteiger partial charge in [-0.05, 0) is 101 Å². The van der Waals surface area contributed by atoms with E-state index >= 15 is 0 Å². The Labute approximate surface area is 295 Å². The highest BCUT2D eigenvalue weighted by atomic mass is 16.5. The largest absolute Gasteiger partial charge is 0.485 e. The average Bonchev–Trinajstić information content (AvgIpc) is 3.85.